The molecule has 0 saturated heterocycles. The number of nitrogens with zero attached hydrogens (tertiary/aromatic N) is 3. The number of hydrogen-bond acceptors (Lipinski definition) is 4. The molecule has 1 heterocycles. The fraction of sp³-hybridized carbons (Fsp3) is 0.250. The van der Waals surface area contributed by atoms with E-state index >= 15 is 0 Å². The van der Waals surface area contributed by atoms with E-state index in [9.17, 15) is 4.79 Å². The van der Waals surface area contributed by atoms with E-state index in [1.54, 1.807) is 0 Å². The monoisotopic (exact) mass is 366 g/mol. The minimum absolute atomic E-state index is 0.0107. The number of para-hydroxylation sites is 1. The summed E-state index contributed by atoms with van der Waals surface area (Å²) in [5.74, 6) is 1.10. The first kappa shape index (κ1) is 18.2. The second-order valence-corrected chi connectivity index (χ2v) is 6.93. The number of amides is 1. The van der Waals surface area contributed by atoms with Crippen LogP contribution in [0, 0.1) is 6.92 Å². The SMILES string of the molecule is CCCNC(=O)CSc1nnc(-c2cccc(C)c2)n1-c1ccccc1. The van der Waals surface area contributed by atoms with Crippen LogP contribution >= 0.6 is 11.8 Å². The lowest BCUT2D eigenvalue weighted by molar-refractivity contribution is -0.118. The largest absolute Gasteiger partial charge is 0.355 e. The zero-order chi connectivity index (χ0) is 18.4. The van der Waals surface area contributed by atoms with Gasteiger partial charge in [-0.3, -0.25) is 9.36 Å². The average Bonchev–Trinajstić information content (AvgIpc) is 3.09. The highest BCUT2D eigenvalue weighted by molar-refractivity contribution is 7.99. The molecule has 0 aliphatic carbocycles. The average molecular weight is 366 g/mol. The zero-order valence-corrected chi connectivity index (χ0v) is 15.8. The second kappa shape index (κ2) is 8.67. The van der Waals surface area contributed by atoms with Gasteiger partial charge >= 0.3 is 0 Å². The van der Waals surface area contributed by atoms with Crippen molar-refractivity contribution in [3.05, 3.63) is 60.2 Å². The predicted octanol–water partition coefficient (Wildman–Crippen LogP) is 3.86. The van der Waals surface area contributed by atoms with E-state index in [-0.39, 0.29) is 5.91 Å². The maximum atomic E-state index is 12.0. The van der Waals surface area contributed by atoms with Gasteiger partial charge in [-0.15, -0.1) is 10.2 Å². The number of aryl methyl sites for hydroxylation is 1. The van der Waals surface area contributed by atoms with Gasteiger partial charge in [0, 0.05) is 17.8 Å². The molecule has 5 nitrogen and oxygen atoms in total. The third-order valence-corrected chi connectivity index (χ3v) is 4.76. The standard InChI is InChI=1S/C20H22N4OS/c1-3-12-21-18(25)14-26-20-23-22-19(16-9-7-8-15(2)13-16)24(20)17-10-5-4-6-11-17/h4-11,13H,3,12,14H2,1-2H3,(H,21,25). The Morgan fingerprint density at radius 3 is 2.65 bits per heavy atom. The van der Waals surface area contributed by atoms with Crippen LogP contribution in [0.25, 0.3) is 17.1 Å². The lowest BCUT2D eigenvalue weighted by Crippen LogP contribution is -2.25. The first-order valence-corrected chi connectivity index (χ1v) is 9.65. The van der Waals surface area contributed by atoms with Gasteiger partial charge in [0.15, 0.2) is 11.0 Å². The fourth-order valence-corrected chi connectivity index (χ4v) is 3.37. The highest BCUT2D eigenvalue weighted by Gasteiger charge is 2.17. The summed E-state index contributed by atoms with van der Waals surface area (Å²) in [6, 6.07) is 18.2. The summed E-state index contributed by atoms with van der Waals surface area (Å²) in [6.45, 7) is 4.79. The summed E-state index contributed by atoms with van der Waals surface area (Å²) in [6.07, 6.45) is 0.925. The third-order valence-electron chi connectivity index (χ3n) is 3.83. The van der Waals surface area contributed by atoms with Gasteiger partial charge < -0.3 is 5.32 Å². The molecule has 1 amide bonds. The van der Waals surface area contributed by atoms with Crippen LogP contribution in [0.15, 0.2) is 59.8 Å². The van der Waals surface area contributed by atoms with Crippen LogP contribution in [0.3, 0.4) is 0 Å². The van der Waals surface area contributed by atoms with Gasteiger partial charge in [-0.2, -0.15) is 0 Å². The number of nitrogens with one attached hydrogen (secondary N) is 1. The van der Waals surface area contributed by atoms with Crippen molar-refractivity contribution in [3.8, 4) is 17.1 Å². The first-order chi connectivity index (χ1) is 12.7. The van der Waals surface area contributed by atoms with Crippen LogP contribution in [0.2, 0.25) is 0 Å². The molecule has 0 bridgehead atoms. The van der Waals surface area contributed by atoms with Gasteiger partial charge in [-0.1, -0.05) is 60.6 Å². The van der Waals surface area contributed by atoms with Crippen molar-refractivity contribution in [2.24, 2.45) is 0 Å². The van der Waals surface area contributed by atoms with E-state index in [4.69, 9.17) is 0 Å². The molecule has 0 aliphatic heterocycles. The highest BCUT2D eigenvalue weighted by atomic mass is 32.2. The van der Waals surface area contributed by atoms with Crippen LogP contribution in [-0.2, 0) is 4.79 Å². The van der Waals surface area contributed by atoms with Crippen molar-refractivity contribution >= 4 is 17.7 Å². The normalized spacial score (nSPS) is 10.7. The summed E-state index contributed by atoms with van der Waals surface area (Å²) < 4.78 is 2.01. The molecular formula is C20H22N4OS. The Kier molecular flexibility index (Phi) is 6.07. The molecule has 0 atom stereocenters. The number of carbonyl (C=O) groups excluding carboxylic acids is 1. The van der Waals surface area contributed by atoms with Crippen molar-refractivity contribution < 1.29 is 4.79 Å². The lowest BCUT2D eigenvalue weighted by Gasteiger charge is -2.10. The minimum Gasteiger partial charge on any atom is -0.355 e. The fourth-order valence-electron chi connectivity index (χ4n) is 2.59. The molecule has 0 spiro atoms. The Balaban J connectivity index is 1.94. The summed E-state index contributed by atoms with van der Waals surface area (Å²) >= 11 is 1.40. The number of aromatic nitrogens is 3. The number of carbonyl (C=O) groups is 1. The van der Waals surface area contributed by atoms with Gasteiger partial charge in [-0.05, 0) is 31.5 Å². The zero-order valence-electron chi connectivity index (χ0n) is 15.0. The number of rotatable bonds is 7. The quantitative estimate of drug-likeness (QED) is 0.645. The van der Waals surface area contributed by atoms with E-state index in [0.29, 0.717) is 17.5 Å². The minimum atomic E-state index is 0.0107. The number of hydrogen-bond donors (Lipinski definition) is 1. The summed E-state index contributed by atoms with van der Waals surface area (Å²) in [4.78, 5) is 12.0. The molecule has 6 heteroatoms. The Hall–Kier alpha value is -2.60. The van der Waals surface area contributed by atoms with E-state index in [0.717, 1.165) is 23.5 Å². The summed E-state index contributed by atoms with van der Waals surface area (Å²) in [5.41, 5.74) is 3.15. The van der Waals surface area contributed by atoms with Crippen molar-refractivity contribution in [3.63, 3.8) is 0 Å². The van der Waals surface area contributed by atoms with Gasteiger partial charge in [-0.25, -0.2) is 0 Å². The van der Waals surface area contributed by atoms with Crippen LogP contribution < -0.4 is 5.32 Å². The van der Waals surface area contributed by atoms with E-state index in [2.05, 4.69) is 34.6 Å². The van der Waals surface area contributed by atoms with Gasteiger partial charge in [0.1, 0.15) is 0 Å². The molecule has 3 aromatic rings. The number of thioether (sulfide) groups is 1. The third kappa shape index (κ3) is 4.32. The number of benzene rings is 2. The first-order valence-electron chi connectivity index (χ1n) is 8.66. The second-order valence-electron chi connectivity index (χ2n) is 5.99. The molecule has 1 N–H and O–H groups in total. The molecule has 0 unspecified atom stereocenters. The van der Waals surface area contributed by atoms with Crippen LogP contribution in [0.5, 0.6) is 0 Å². The molecule has 0 saturated carbocycles. The maximum Gasteiger partial charge on any atom is 0.230 e. The molecule has 134 valence electrons. The molecule has 26 heavy (non-hydrogen) atoms. The summed E-state index contributed by atoms with van der Waals surface area (Å²) in [7, 11) is 0. The van der Waals surface area contributed by atoms with Crippen LogP contribution in [0.4, 0.5) is 0 Å². The molecule has 0 fully saturated rings. The molecule has 0 radical (unpaired) electrons. The Morgan fingerprint density at radius 1 is 1.12 bits per heavy atom. The smallest absolute Gasteiger partial charge is 0.230 e. The van der Waals surface area contributed by atoms with Crippen molar-refractivity contribution in [1.82, 2.24) is 20.1 Å². The topological polar surface area (TPSA) is 59.8 Å². The van der Waals surface area contributed by atoms with E-state index in [1.165, 1.54) is 17.3 Å². The van der Waals surface area contributed by atoms with Crippen molar-refractivity contribution in [2.45, 2.75) is 25.4 Å². The van der Waals surface area contributed by atoms with Crippen LogP contribution in [-0.4, -0.2) is 33.0 Å². The Labute approximate surface area is 157 Å². The van der Waals surface area contributed by atoms with Gasteiger partial charge in [0.05, 0.1) is 5.75 Å². The summed E-state index contributed by atoms with van der Waals surface area (Å²) in [5, 5.41) is 12.3. The van der Waals surface area contributed by atoms with E-state index in [1.807, 2.05) is 54.0 Å². The van der Waals surface area contributed by atoms with Crippen molar-refractivity contribution in [1.29, 1.82) is 0 Å². The Bertz CT molecular complexity index is 877. The molecule has 3 rings (SSSR count). The molecule has 0 aliphatic rings. The van der Waals surface area contributed by atoms with Crippen LogP contribution in [0.1, 0.15) is 18.9 Å². The van der Waals surface area contributed by atoms with Crippen molar-refractivity contribution in [2.75, 3.05) is 12.3 Å². The predicted molar refractivity (Wildman–Crippen MR) is 106 cm³/mol. The van der Waals surface area contributed by atoms with E-state index < -0.39 is 0 Å². The molecular weight excluding hydrogens is 344 g/mol. The van der Waals surface area contributed by atoms with Gasteiger partial charge in [0.25, 0.3) is 0 Å². The Morgan fingerprint density at radius 2 is 1.92 bits per heavy atom. The highest BCUT2D eigenvalue weighted by Crippen LogP contribution is 2.28. The molecule has 1 aromatic heterocycles. The maximum absolute atomic E-state index is 12.0. The lowest BCUT2D eigenvalue weighted by atomic mass is 10.1. The van der Waals surface area contributed by atoms with Gasteiger partial charge in [0.2, 0.25) is 5.91 Å². The molecule has 2 aromatic carbocycles.